The molecule has 5 atom stereocenters. The van der Waals surface area contributed by atoms with E-state index in [9.17, 15) is 39.6 Å². The number of aliphatic hydroxyl groups excluding tert-OH is 2. The van der Waals surface area contributed by atoms with Crippen LogP contribution in [0.3, 0.4) is 0 Å². The van der Waals surface area contributed by atoms with E-state index in [0.717, 1.165) is 24.5 Å². The second-order valence-electron chi connectivity index (χ2n) is 9.81. The van der Waals surface area contributed by atoms with Crippen LogP contribution in [0, 0.1) is 0 Å². The lowest BCUT2D eigenvalue weighted by atomic mass is 9.92. The van der Waals surface area contributed by atoms with Crippen molar-refractivity contribution in [3.63, 3.8) is 0 Å². The Morgan fingerprint density at radius 2 is 1.89 bits per heavy atom. The number of aliphatic carboxylic acids is 1. The van der Waals surface area contributed by atoms with E-state index in [-0.39, 0.29) is 25.3 Å². The van der Waals surface area contributed by atoms with Crippen LogP contribution >= 0.6 is 0 Å². The lowest BCUT2D eigenvalue weighted by Gasteiger charge is -2.39. The Morgan fingerprint density at radius 1 is 1.16 bits per heavy atom. The van der Waals surface area contributed by atoms with Crippen LogP contribution in [0.5, 0.6) is 5.75 Å². The average molecular weight is 630 g/mol. The fraction of sp³-hybridized carbons (Fsp3) is 0.345. The number of nitrogens with zero attached hydrogens (tertiary/aromatic N) is 1. The zero-order valence-corrected chi connectivity index (χ0v) is 24.2. The number of phenolic OH excluding ortho intramolecular Hbond substituents is 1. The Bertz CT molecular complexity index is 1490. The molecule has 1 aliphatic heterocycles. The molecule has 2 aromatic rings. The maximum Gasteiger partial charge on any atom is 0.407 e. The topological polar surface area (TPSA) is 265 Å². The standard InChI is InChI=1S/C29H35N5O11/c1-15(36)33-23-19(34-28(30)31)13-21(27(40)41)44-26(23)25(20(37)14-35)45-29(42)32-11-4-12-43-22(38)10-9-17-8-7-16-5-2-3-6-18(16)24(17)39/h2-3,5-10,13,19-20,23,25-26,35,37,39H,4,11-12,14H2,1H3,(H,32,42)(H,33,36)(H,40,41)(H4,30,31,34)/b10-9+/t19-,20+,23+,25-,26+/m0/s1. The third-order valence-electron chi connectivity index (χ3n) is 6.48. The van der Waals surface area contributed by atoms with Gasteiger partial charge in [0.1, 0.15) is 11.9 Å². The number of aromatic hydroxyl groups is 1. The molecule has 0 aromatic heterocycles. The summed E-state index contributed by atoms with van der Waals surface area (Å²) in [7, 11) is 0. The molecule has 0 saturated carbocycles. The number of hydrogen-bond acceptors (Lipinski definition) is 11. The van der Waals surface area contributed by atoms with Crippen molar-refractivity contribution in [3.8, 4) is 5.75 Å². The Morgan fingerprint density at radius 3 is 2.56 bits per heavy atom. The molecule has 1 aliphatic rings. The van der Waals surface area contributed by atoms with Gasteiger partial charge in [-0.3, -0.25) is 4.79 Å². The number of carbonyl (C=O) groups excluding carboxylic acids is 3. The third-order valence-corrected chi connectivity index (χ3v) is 6.48. The normalized spacial score (nSPS) is 19.0. The van der Waals surface area contributed by atoms with Gasteiger partial charge in [-0.1, -0.05) is 36.4 Å². The van der Waals surface area contributed by atoms with Crippen molar-refractivity contribution >= 4 is 46.7 Å². The molecule has 3 rings (SSSR count). The minimum Gasteiger partial charge on any atom is -0.507 e. The first kappa shape index (κ1) is 34.1. The van der Waals surface area contributed by atoms with Crippen molar-refractivity contribution in [2.24, 2.45) is 16.5 Å². The van der Waals surface area contributed by atoms with Crippen molar-refractivity contribution in [3.05, 3.63) is 59.9 Å². The van der Waals surface area contributed by atoms with E-state index >= 15 is 0 Å². The van der Waals surface area contributed by atoms with Crippen LogP contribution in [0.15, 0.2) is 59.3 Å². The van der Waals surface area contributed by atoms with Gasteiger partial charge in [0, 0.05) is 30.5 Å². The first-order valence-electron chi connectivity index (χ1n) is 13.7. The Balaban J connectivity index is 1.58. The summed E-state index contributed by atoms with van der Waals surface area (Å²) < 4.78 is 15.8. The number of carboxylic acids is 1. The maximum absolute atomic E-state index is 12.6. The smallest absolute Gasteiger partial charge is 0.407 e. The summed E-state index contributed by atoms with van der Waals surface area (Å²) in [6.07, 6.45) is -2.39. The molecule has 45 heavy (non-hydrogen) atoms. The first-order chi connectivity index (χ1) is 21.4. The van der Waals surface area contributed by atoms with Gasteiger partial charge in [-0.2, -0.15) is 0 Å². The number of phenols is 1. The van der Waals surface area contributed by atoms with Gasteiger partial charge in [-0.25, -0.2) is 19.4 Å². The van der Waals surface area contributed by atoms with Gasteiger partial charge in [0.15, 0.2) is 18.2 Å². The number of hydrogen-bond donors (Lipinski definition) is 8. The van der Waals surface area contributed by atoms with Crippen molar-refractivity contribution < 1.29 is 53.8 Å². The van der Waals surface area contributed by atoms with Crippen LogP contribution in [0.2, 0.25) is 0 Å². The van der Waals surface area contributed by atoms with Crippen molar-refractivity contribution in [1.82, 2.24) is 10.6 Å². The summed E-state index contributed by atoms with van der Waals surface area (Å²) in [6, 6.07) is 8.27. The second kappa shape index (κ2) is 15.9. The molecule has 0 bridgehead atoms. The van der Waals surface area contributed by atoms with Gasteiger partial charge in [0.25, 0.3) is 0 Å². The predicted molar refractivity (Wildman–Crippen MR) is 159 cm³/mol. The van der Waals surface area contributed by atoms with Crippen LogP contribution in [0.4, 0.5) is 4.79 Å². The number of rotatable bonds is 13. The summed E-state index contributed by atoms with van der Waals surface area (Å²) >= 11 is 0. The van der Waals surface area contributed by atoms with E-state index in [1.54, 1.807) is 24.3 Å². The summed E-state index contributed by atoms with van der Waals surface area (Å²) in [5.74, 6) is -3.89. The fourth-order valence-electron chi connectivity index (χ4n) is 4.48. The monoisotopic (exact) mass is 629 g/mol. The highest BCUT2D eigenvalue weighted by molar-refractivity contribution is 5.94. The molecule has 0 spiro atoms. The van der Waals surface area contributed by atoms with E-state index in [0.29, 0.717) is 10.9 Å². The number of ether oxygens (including phenoxy) is 3. The number of esters is 1. The number of aliphatic imine (C=N–C) groups is 1. The van der Waals surface area contributed by atoms with E-state index < -0.39 is 72.7 Å². The lowest BCUT2D eigenvalue weighted by Crippen LogP contribution is -2.61. The number of aliphatic hydroxyl groups is 2. The summed E-state index contributed by atoms with van der Waals surface area (Å²) in [4.78, 5) is 52.2. The zero-order chi connectivity index (χ0) is 33.1. The molecule has 16 heteroatoms. The van der Waals surface area contributed by atoms with Crippen LogP contribution in [0.1, 0.15) is 18.9 Å². The number of nitrogens with one attached hydrogen (secondary N) is 2. The van der Waals surface area contributed by atoms with Crippen LogP contribution < -0.4 is 22.1 Å². The van der Waals surface area contributed by atoms with Crippen LogP contribution in [-0.4, -0.2) is 100 Å². The summed E-state index contributed by atoms with van der Waals surface area (Å²) in [6.45, 7) is 0.0745. The van der Waals surface area contributed by atoms with Crippen molar-refractivity contribution in [2.45, 2.75) is 43.7 Å². The predicted octanol–water partition coefficient (Wildman–Crippen LogP) is -0.546. The second-order valence-corrected chi connectivity index (χ2v) is 9.81. The minimum atomic E-state index is -1.78. The van der Waals surface area contributed by atoms with Crippen molar-refractivity contribution in [1.29, 1.82) is 0 Å². The molecule has 0 aliphatic carbocycles. The average Bonchev–Trinajstić information content (AvgIpc) is 2.99. The lowest BCUT2D eigenvalue weighted by molar-refractivity contribution is -0.146. The highest BCUT2D eigenvalue weighted by atomic mass is 16.6. The quantitative estimate of drug-likeness (QED) is 0.0455. The SMILES string of the molecule is CC(=O)N[C@H]1[C@H]([C@@H](OC(=O)NCCCOC(=O)/C=C/c2ccc3ccccc3c2O)[C@H](O)CO)OC(C(=O)O)=C[C@@H]1N=C(N)N. The highest BCUT2D eigenvalue weighted by Gasteiger charge is 2.46. The number of guanidine groups is 1. The Labute approximate surface area is 257 Å². The van der Waals surface area contributed by atoms with Crippen LogP contribution in [-0.2, 0) is 28.6 Å². The van der Waals surface area contributed by atoms with Crippen molar-refractivity contribution in [2.75, 3.05) is 19.8 Å². The first-order valence-corrected chi connectivity index (χ1v) is 13.7. The number of benzene rings is 2. The number of carbonyl (C=O) groups is 4. The molecule has 10 N–H and O–H groups in total. The molecule has 16 nitrogen and oxygen atoms in total. The molecule has 0 unspecified atom stereocenters. The van der Waals surface area contributed by atoms with Gasteiger partial charge in [0.2, 0.25) is 11.7 Å². The largest absolute Gasteiger partial charge is 0.507 e. The molecule has 242 valence electrons. The third kappa shape index (κ3) is 9.57. The van der Waals surface area contributed by atoms with E-state index in [2.05, 4.69) is 15.6 Å². The van der Waals surface area contributed by atoms with Gasteiger partial charge in [-0.05, 0) is 24.0 Å². The summed E-state index contributed by atoms with van der Waals surface area (Å²) in [5, 5.41) is 46.4. The van der Waals surface area contributed by atoms with E-state index in [1.165, 1.54) is 6.08 Å². The molecule has 2 aromatic carbocycles. The van der Waals surface area contributed by atoms with Gasteiger partial charge in [0.05, 0.1) is 25.3 Å². The Hall–Kier alpha value is -5.35. The van der Waals surface area contributed by atoms with Gasteiger partial charge < -0.3 is 56.7 Å². The van der Waals surface area contributed by atoms with E-state index in [1.807, 2.05) is 12.1 Å². The van der Waals surface area contributed by atoms with Gasteiger partial charge >= 0.3 is 18.0 Å². The number of carboxylic acid groups (broad SMARTS) is 1. The Kier molecular flexibility index (Phi) is 12.1. The molecule has 1 heterocycles. The molecule has 0 fully saturated rings. The van der Waals surface area contributed by atoms with Crippen LogP contribution in [0.25, 0.3) is 16.8 Å². The fourth-order valence-corrected chi connectivity index (χ4v) is 4.48. The number of alkyl carbamates (subject to hydrolysis) is 1. The summed E-state index contributed by atoms with van der Waals surface area (Å²) in [5.41, 5.74) is 11.3. The molecule has 2 amide bonds. The number of amides is 2. The zero-order valence-electron chi connectivity index (χ0n) is 24.2. The van der Waals surface area contributed by atoms with E-state index in [4.69, 9.17) is 25.7 Å². The molecule has 0 radical (unpaired) electrons. The minimum absolute atomic E-state index is 0.0217. The maximum atomic E-state index is 12.6. The van der Waals surface area contributed by atoms with Gasteiger partial charge in [-0.15, -0.1) is 0 Å². The molecule has 0 saturated heterocycles. The number of fused-ring (bicyclic) bond motifs is 1. The molecular weight excluding hydrogens is 594 g/mol. The number of nitrogens with two attached hydrogens (primary N) is 2. The molecular formula is C29H35N5O11. The highest BCUT2D eigenvalue weighted by Crippen LogP contribution is 2.29.